The minimum Gasteiger partial charge on any atom is -0.368 e. The lowest BCUT2D eigenvalue weighted by Crippen LogP contribution is -2.26. The van der Waals surface area contributed by atoms with Crippen LogP contribution in [0, 0.1) is 13.8 Å². The summed E-state index contributed by atoms with van der Waals surface area (Å²) < 4.78 is 5.38. The van der Waals surface area contributed by atoms with Gasteiger partial charge in [0.15, 0.2) is 5.13 Å². The first-order valence-electron chi connectivity index (χ1n) is 7.09. The highest BCUT2D eigenvalue weighted by atomic mass is 32.1. The molecule has 0 aliphatic carbocycles. The zero-order valence-electron chi connectivity index (χ0n) is 12.2. The van der Waals surface area contributed by atoms with Gasteiger partial charge >= 0.3 is 0 Å². The number of hydrogen-bond acceptors (Lipinski definition) is 4. The molecule has 21 heavy (non-hydrogen) atoms. The summed E-state index contributed by atoms with van der Waals surface area (Å²) in [6.45, 7) is 4.80. The Kier molecular flexibility index (Phi) is 4.03. The Morgan fingerprint density at radius 2 is 2.29 bits per heavy atom. The molecule has 1 aliphatic heterocycles. The fourth-order valence-electron chi connectivity index (χ4n) is 2.44. The smallest absolute Gasteiger partial charge is 0.255 e. The Balaban J connectivity index is 1.77. The number of thiazole rings is 1. The molecule has 1 atom stereocenters. The molecule has 0 bridgehead atoms. The van der Waals surface area contributed by atoms with Gasteiger partial charge < -0.3 is 4.74 Å². The van der Waals surface area contributed by atoms with Crippen LogP contribution in [0.5, 0.6) is 0 Å². The van der Waals surface area contributed by atoms with E-state index in [1.807, 2.05) is 5.38 Å². The van der Waals surface area contributed by atoms with E-state index in [4.69, 9.17) is 4.74 Å². The monoisotopic (exact) mass is 302 g/mol. The van der Waals surface area contributed by atoms with E-state index in [2.05, 4.69) is 42.3 Å². The van der Waals surface area contributed by atoms with Gasteiger partial charge in [0.05, 0.1) is 5.69 Å². The Morgan fingerprint density at radius 1 is 1.43 bits per heavy atom. The summed E-state index contributed by atoms with van der Waals surface area (Å²) in [6.07, 6.45) is 1.42. The van der Waals surface area contributed by atoms with Crippen LogP contribution in [0.15, 0.2) is 23.6 Å². The summed E-state index contributed by atoms with van der Waals surface area (Å²) in [7, 11) is 0. The number of rotatable bonds is 3. The summed E-state index contributed by atoms with van der Waals surface area (Å²) in [6, 6.07) is 6.30. The number of carbonyl (C=O) groups is 1. The van der Waals surface area contributed by atoms with Gasteiger partial charge in [-0.15, -0.1) is 11.3 Å². The van der Waals surface area contributed by atoms with E-state index in [9.17, 15) is 4.79 Å². The van der Waals surface area contributed by atoms with Crippen molar-refractivity contribution < 1.29 is 9.53 Å². The summed E-state index contributed by atoms with van der Waals surface area (Å²) in [5, 5.41) is 5.46. The largest absolute Gasteiger partial charge is 0.368 e. The summed E-state index contributed by atoms with van der Waals surface area (Å²) >= 11 is 1.45. The number of benzene rings is 1. The van der Waals surface area contributed by atoms with E-state index < -0.39 is 0 Å². The van der Waals surface area contributed by atoms with Crippen molar-refractivity contribution in [3.63, 3.8) is 0 Å². The average molecular weight is 302 g/mol. The van der Waals surface area contributed by atoms with Crippen LogP contribution in [-0.2, 0) is 9.53 Å². The standard InChI is InChI=1S/C16H18N2O2S/c1-10-5-6-11(2)12(8-10)13-9-21-16(17-13)18-15(19)14-4-3-7-20-14/h5-6,8-9,14H,3-4,7H2,1-2H3,(H,17,18,19). The molecular formula is C16H18N2O2S. The van der Waals surface area contributed by atoms with Gasteiger partial charge in [0, 0.05) is 17.6 Å². The second-order valence-electron chi connectivity index (χ2n) is 5.35. The molecule has 0 saturated carbocycles. The molecule has 1 aromatic heterocycles. The van der Waals surface area contributed by atoms with Gasteiger partial charge in [-0.05, 0) is 38.3 Å². The molecule has 0 spiro atoms. The highest BCUT2D eigenvalue weighted by Crippen LogP contribution is 2.28. The van der Waals surface area contributed by atoms with Crippen molar-refractivity contribution in [1.82, 2.24) is 4.98 Å². The van der Waals surface area contributed by atoms with Crippen molar-refractivity contribution in [2.24, 2.45) is 0 Å². The molecule has 1 aromatic carbocycles. The van der Waals surface area contributed by atoms with Crippen LogP contribution in [0.3, 0.4) is 0 Å². The third-order valence-corrected chi connectivity index (χ3v) is 4.38. The van der Waals surface area contributed by atoms with Crippen LogP contribution in [-0.4, -0.2) is 23.6 Å². The number of aryl methyl sites for hydroxylation is 2. The molecule has 0 radical (unpaired) electrons. The predicted octanol–water partition coefficient (Wildman–Crippen LogP) is 3.54. The van der Waals surface area contributed by atoms with Gasteiger partial charge in [-0.2, -0.15) is 0 Å². The molecular weight excluding hydrogens is 284 g/mol. The quantitative estimate of drug-likeness (QED) is 0.943. The van der Waals surface area contributed by atoms with E-state index in [0.29, 0.717) is 11.7 Å². The number of amides is 1. The number of hydrogen-bond donors (Lipinski definition) is 1. The van der Waals surface area contributed by atoms with Crippen molar-refractivity contribution in [2.75, 3.05) is 11.9 Å². The number of ether oxygens (including phenoxy) is 1. The molecule has 2 heterocycles. The first-order chi connectivity index (χ1) is 10.1. The second kappa shape index (κ2) is 5.95. The Bertz CT molecular complexity index is 660. The summed E-state index contributed by atoms with van der Waals surface area (Å²) in [5.41, 5.74) is 4.41. The maximum absolute atomic E-state index is 12.0. The molecule has 3 rings (SSSR count). The number of nitrogens with zero attached hydrogens (tertiary/aromatic N) is 1. The normalized spacial score (nSPS) is 17.9. The van der Waals surface area contributed by atoms with E-state index in [1.54, 1.807) is 0 Å². The minimum absolute atomic E-state index is 0.0886. The average Bonchev–Trinajstić information content (AvgIpc) is 3.12. The Hall–Kier alpha value is -1.72. The molecule has 2 aromatic rings. The molecule has 5 heteroatoms. The number of aromatic nitrogens is 1. The highest BCUT2D eigenvalue weighted by Gasteiger charge is 2.24. The van der Waals surface area contributed by atoms with Crippen LogP contribution in [0.1, 0.15) is 24.0 Å². The van der Waals surface area contributed by atoms with Gasteiger partial charge in [0.25, 0.3) is 5.91 Å². The second-order valence-corrected chi connectivity index (χ2v) is 6.21. The Labute approximate surface area is 128 Å². The van der Waals surface area contributed by atoms with Crippen molar-refractivity contribution in [3.05, 3.63) is 34.7 Å². The van der Waals surface area contributed by atoms with Crippen molar-refractivity contribution in [2.45, 2.75) is 32.8 Å². The fraction of sp³-hybridized carbons (Fsp3) is 0.375. The van der Waals surface area contributed by atoms with Crippen LogP contribution >= 0.6 is 11.3 Å². The van der Waals surface area contributed by atoms with Gasteiger partial charge in [0.2, 0.25) is 0 Å². The van der Waals surface area contributed by atoms with Crippen molar-refractivity contribution in [3.8, 4) is 11.3 Å². The first-order valence-corrected chi connectivity index (χ1v) is 7.97. The third-order valence-electron chi connectivity index (χ3n) is 3.63. The molecule has 1 aliphatic rings. The van der Waals surface area contributed by atoms with E-state index >= 15 is 0 Å². The van der Waals surface area contributed by atoms with Gasteiger partial charge in [-0.25, -0.2) is 4.98 Å². The number of anilines is 1. The lowest BCUT2D eigenvalue weighted by atomic mass is 10.0. The van der Waals surface area contributed by atoms with Crippen LogP contribution in [0.25, 0.3) is 11.3 Å². The third kappa shape index (κ3) is 3.14. The molecule has 1 N–H and O–H groups in total. The van der Waals surface area contributed by atoms with Crippen molar-refractivity contribution in [1.29, 1.82) is 0 Å². The lowest BCUT2D eigenvalue weighted by molar-refractivity contribution is -0.124. The zero-order chi connectivity index (χ0) is 14.8. The van der Waals surface area contributed by atoms with Crippen LogP contribution in [0.4, 0.5) is 5.13 Å². The molecule has 1 fully saturated rings. The van der Waals surface area contributed by atoms with E-state index in [1.165, 1.54) is 22.5 Å². The minimum atomic E-state index is -0.321. The van der Waals surface area contributed by atoms with Gasteiger partial charge in [-0.3, -0.25) is 10.1 Å². The fourth-order valence-corrected chi connectivity index (χ4v) is 3.15. The van der Waals surface area contributed by atoms with E-state index in [0.717, 1.165) is 24.1 Å². The molecule has 1 amide bonds. The molecule has 1 saturated heterocycles. The summed E-state index contributed by atoms with van der Waals surface area (Å²) in [5.74, 6) is -0.0886. The molecule has 4 nitrogen and oxygen atoms in total. The van der Waals surface area contributed by atoms with Crippen LogP contribution < -0.4 is 5.32 Å². The summed E-state index contributed by atoms with van der Waals surface area (Å²) in [4.78, 5) is 16.5. The topological polar surface area (TPSA) is 51.2 Å². The number of nitrogens with one attached hydrogen (secondary N) is 1. The first kappa shape index (κ1) is 14.2. The van der Waals surface area contributed by atoms with Crippen LogP contribution in [0.2, 0.25) is 0 Å². The lowest BCUT2D eigenvalue weighted by Gasteiger charge is -2.07. The highest BCUT2D eigenvalue weighted by molar-refractivity contribution is 7.14. The van der Waals surface area contributed by atoms with Gasteiger partial charge in [-0.1, -0.05) is 17.7 Å². The predicted molar refractivity (Wildman–Crippen MR) is 84.6 cm³/mol. The SMILES string of the molecule is Cc1ccc(C)c(-c2csc(NC(=O)C3CCCO3)n2)c1. The Morgan fingerprint density at radius 3 is 3.05 bits per heavy atom. The van der Waals surface area contributed by atoms with Crippen molar-refractivity contribution >= 4 is 22.4 Å². The van der Waals surface area contributed by atoms with Gasteiger partial charge in [0.1, 0.15) is 6.10 Å². The number of carbonyl (C=O) groups excluding carboxylic acids is 1. The molecule has 110 valence electrons. The maximum Gasteiger partial charge on any atom is 0.255 e. The maximum atomic E-state index is 12.0. The molecule has 1 unspecified atom stereocenters. The zero-order valence-corrected chi connectivity index (χ0v) is 13.0. The van der Waals surface area contributed by atoms with E-state index in [-0.39, 0.29) is 12.0 Å².